The Hall–Kier alpha value is -0.640. The van der Waals surface area contributed by atoms with Gasteiger partial charge >= 0.3 is 0 Å². The molecule has 11 N–H and O–H groups in total. The van der Waals surface area contributed by atoms with Crippen LogP contribution in [0.5, 0.6) is 0 Å². The van der Waals surface area contributed by atoms with E-state index in [0.717, 1.165) is 0 Å². The van der Waals surface area contributed by atoms with Crippen molar-refractivity contribution >= 4 is 0 Å². The highest BCUT2D eigenvalue weighted by atomic mass is 16.7. The van der Waals surface area contributed by atoms with Gasteiger partial charge in [0.15, 0.2) is 18.9 Å². The molecule has 16 heteroatoms. The molecule has 0 aromatic rings. The Kier molecular flexibility index (Phi) is 9.54. The zero-order valence-electron chi connectivity index (χ0n) is 17.7. The molecule has 3 rings (SSSR count). The first-order valence-corrected chi connectivity index (χ1v) is 10.6. The molecule has 200 valence electrons. The lowest BCUT2D eigenvalue weighted by Crippen LogP contribution is -2.66. The highest BCUT2D eigenvalue weighted by Crippen LogP contribution is 2.32. The van der Waals surface area contributed by atoms with Crippen LogP contribution in [0.15, 0.2) is 0 Å². The summed E-state index contributed by atoms with van der Waals surface area (Å²) in [5, 5.41) is 109. The summed E-state index contributed by atoms with van der Waals surface area (Å²) in [6.45, 7) is -2.31. The van der Waals surface area contributed by atoms with Gasteiger partial charge in [-0.05, 0) is 0 Å². The van der Waals surface area contributed by atoms with Crippen LogP contribution in [-0.4, -0.2) is 168 Å². The summed E-state index contributed by atoms with van der Waals surface area (Å²) in [6.07, 6.45) is -25.3. The number of aliphatic hydroxyl groups is 11. The van der Waals surface area contributed by atoms with Gasteiger partial charge in [0.1, 0.15) is 73.2 Å². The Morgan fingerprint density at radius 1 is 0.441 bits per heavy atom. The van der Waals surface area contributed by atoms with Gasteiger partial charge in [0.2, 0.25) is 0 Å². The van der Waals surface area contributed by atoms with Crippen molar-refractivity contribution in [2.75, 3.05) is 19.8 Å². The van der Waals surface area contributed by atoms with E-state index in [2.05, 4.69) is 0 Å². The Labute approximate surface area is 192 Å². The highest BCUT2D eigenvalue weighted by Gasteiger charge is 2.53. The summed E-state index contributed by atoms with van der Waals surface area (Å²) in [6, 6.07) is 0. The van der Waals surface area contributed by atoms with Crippen molar-refractivity contribution in [2.45, 2.75) is 92.1 Å². The average molecular weight is 504 g/mol. The molecule has 0 aliphatic carbocycles. The van der Waals surface area contributed by atoms with Gasteiger partial charge in [0.25, 0.3) is 0 Å². The molecular weight excluding hydrogens is 472 g/mol. The summed E-state index contributed by atoms with van der Waals surface area (Å²) in [5.74, 6) is 0. The summed E-state index contributed by atoms with van der Waals surface area (Å²) < 4.78 is 26.2. The van der Waals surface area contributed by atoms with Crippen LogP contribution in [0.3, 0.4) is 0 Å². The van der Waals surface area contributed by atoms with Gasteiger partial charge in [-0.1, -0.05) is 0 Å². The lowest BCUT2D eigenvalue weighted by Gasteiger charge is -2.47. The van der Waals surface area contributed by atoms with Crippen molar-refractivity contribution < 1.29 is 79.9 Å². The zero-order chi connectivity index (χ0) is 25.3. The van der Waals surface area contributed by atoms with E-state index in [1.54, 1.807) is 0 Å². The number of aliphatic hydroxyl groups excluding tert-OH is 11. The molecular formula is C18H32O16. The van der Waals surface area contributed by atoms with E-state index in [9.17, 15) is 56.2 Å². The summed E-state index contributed by atoms with van der Waals surface area (Å²) >= 11 is 0. The predicted octanol–water partition coefficient (Wildman–Crippen LogP) is -7.57. The van der Waals surface area contributed by atoms with Gasteiger partial charge in [0.05, 0.1) is 19.8 Å². The van der Waals surface area contributed by atoms with Crippen molar-refractivity contribution in [3.05, 3.63) is 0 Å². The largest absolute Gasteiger partial charge is 0.394 e. The molecule has 0 unspecified atom stereocenters. The number of hydrogen-bond donors (Lipinski definition) is 11. The summed E-state index contributed by atoms with van der Waals surface area (Å²) in [5.41, 5.74) is 0. The smallest absolute Gasteiger partial charge is 0.187 e. The lowest BCUT2D eigenvalue weighted by atomic mass is 9.96. The number of hydrogen-bond acceptors (Lipinski definition) is 16. The molecule has 0 amide bonds. The molecule has 0 saturated carbocycles. The predicted molar refractivity (Wildman–Crippen MR) is 101 cm³/mol. The SMILES string of the molecule is OC[C@H]1O[C@H](O[C@@H]2[C@H](O)[C@@H](O)[C@@H](O[C@@H]3[C@@H](O)[C@@H](O)O[C@H](CO)[C@@H]3O)O[C@@H]2CO)[C@H](O)[C@@H](O)[C@H]1O. The van der Waals surface area contributed by atoms with E-state index in [1.165, 1.54) is 0 Å². The maximum atomic E-state index is 10.6. The van der Waals surface area contributed by atoms with Gasteiger partial charge in [0, 0.05) is 0 Å². The molecule has 0 aromatic carbocycles. The zero-order valence-corrected chi connectivity index (χ0v) is 17.7. The molecule has 0 spiro atoms. The second kappa shape index (κ2) is 11.6. The highest BCUT2D eigenvalue weighted by molar-refractivity contribution is 4.96. The maximum absolute atomic E-state index is 10.6. The minimum Gasteiger partial charge on any atom is -0.394 e. The molecule has 3 heterocycles. The Bertz CT molecular complexity index is 637. The van der Waals surface area contributed by atoms with Crippen LogP contribution in [0.1, 0.15) is 0 Å². The quantitative estimate of drug-likeness (QED) is 0.154. The molecule has 16 nitrogen and oxygen atoms in total. The van der Waals surface area contributed by atoms with E-state index in [0.29, 0.717) is 0 Å². The minimum atomic E-state index is -1.93. The lowest BCUT2D eigenvalue weighted by molar-refractivity contribution is -0.378. The van der Waals surface area contributed by atoms with Crippen LogP contribution < -0.4 is 0 Å². The Morgan fingerprint density at radius 2 is 0.912 bits per heavy atom. The standard InChI is InChI=1S/C18H32O16/c19-1-4-7(22)9(24)11(26)17(31-4)33-14-6(3-21)32-18(12(27)10(14)25)34-15-8(23)5(2-20)30-16(29)13(15)28/h4-29H,1-3H2/t4-,5-,6-,7+,8+,9+,10-,11-,12-,13-,14+,15+,16+,17-,18-/m1/s1. The van der Waals surface area contributed by atoms with Crippen LogP contribution in [0, 0.1) is 0 Å². The first kappa shape index (κ1) is 27.9. The fourth-order valence-electron chi connectivity index (χ4n) is 4.05. The normalized spacial score (nSPS) is 52.5. The van der Waals surface area contributed by atoms with Crippen molar-refractivity contribution in [3.63, 3.8) is 0 Å². The van der Waals surface area contributed by atoms with E-state index >= 15 is 0 Å². The van der Waals surface area contributed by atoms with E-state index in [4.69, 9.17) is 23.7 Å². The first-order valence-electron chi connectivity index (χ1n) is 10.6. The summed E-state index contributed by atoms with van der Waals surface area (Å²) in [7, 11) is 0. The van der Waals surface area contributed by atoms with Gasteiger partial charge in [-0.3, -0.25) is 0 Å². The number of rotatable bonds is 7. The molecule has 0 bridgehead atoms. The summed E-state index contributed by atoms with van der Waals surface area (Å²) in [4.78, 5) is 0. The molecule has 0 aromatic heterocycles. The van der Waals surface area contributed by atoms with E-state index in [1.807, 2.05) is 0 Å². The van der Waals surface area contributed by atoms with Crippen molar-refractivity contribution in [1.82, 2.24) is 0 Å². The Morgan fingerprint density at radius 3 is 1.47 bits per heavy atom. The molecule has 15 atom stereocenters. The van der Waals surface area contributed by atoms with Gasteiger partial charge in [-0.2, -0.15) is 0 Å². The second-order valence-corrected chi connectivity index (χ2v) is 8.33. The van der Waals surface area contributed by atoms with Gasteiger partial charge in [-0.25, -0.2) is 0 Å². The topological polar surface area (TPSA) is 269 Å². The van der Waals surface area contributed by atoms with Crippen LogP contribution >= 0.6 is 0 Å². The average Bonchev–Trinajstić information content (AvgIpc) is 2.83. The van der Waals surface area contributed by atoms with Crippen LogP contribution in [-0.2, 0) is 23.7 Å². The van der Waals surface area contributed by atoms with E-state index < -0.39 is 112 Å². The molecule has 3 fully saturated rings. The molecule has 3 aliphatic rings. The molecule has 3 saturated heterocycles. The van der Waals surface area contributed by atoms with Gasteiger partial charge in [-0.15, -0.1) is 0 Å². The minimum absolute atomic E-state index is 0.740. The third-order valence-corrected chi connectivity index (χ3v) is 6.09. The fourth-order valence-corrected chi connectivity index (χ4v) is 4.05. The van der Waals surface area contributed by atoms with Crippen molar-refractivity contribution in [1.29, 1.82) is 0 Å². The van der Waals surface area contributed by atoms with Gasteiger partial charge < -0.3 is 79.9 Å². The fraction of sp³-hybridized carbons (Fsp3) is 1.00. The molecule has 34 heavy (non-hydrogen) atoms. The monoisotopic (exact) mass is 504 g/mol. The van der Waals surface area contributed by atoms with Crippen molar-refractivity contribution in [2.24, 2.45) is 0 Å². The number of ether oxygens (including phenoxy) is 5. The molecule has 3 aliphatic heterocycles. The van der Waals surface area contributed by atoms with E-state index in [-0.39, 0.29) is 0 Å². The van der Waals surface area contributed by atoms with Crippen LogP contribution in [0.2, 0.25) is 0 Å². The molecule has 0 radical (unpaired) electrons. The third kappa shape index (κ3) is 5.37. The maximum Gasteiger partial charge on any atom is 0.187 e. The van der Waals surface area contributed by atoms with Crippen LogP contribution in [0.25, 0.3) is 0 Å². The second-order valence-electron chi connectivity index (χ2n) is 8.33. The third-order valence-electron chi connectivity index (χ3n) is 6.09. The van der Waals surface area contributed by atoms with Crippen LogP contribution in [0.4, 0.5) is 0 Å². The Balaban J connectivity index is 1.72. The van der Waals surface area contributed by atoms with Crippen molar-refractivity contribution in [3.8, 4) is 0 Å². The first-order chi connectivity index (χ1) is 16.0.